The number of ether oxygens (including phenoxy) is 4. The second kappa shape index (κ2) is 9.54. The van der Waals surface area contributed by atoms with Crippen LogP contribution in [0.1, 0.15) is 30.9 Å². The van der Waals surface area contributed by atoms with Crippen molar-refractivity contribution in [2.24, 2.45) is 5.73 Å². The van der Waals surface area contributed by atoms with E-state index in [1.165, 1.54) is 26.2 Å². The molecule has 1 aromatic carbocycles. The second-order valence-corrected chi connectivity index (χ2v) is 6.29. The number of nitrogens with two attached hydrogens (primary N) is 1. The van der Waals surface area contributed by atoms with E-state index < -0.39 is 31.3 Å². The number of hydrogen-bond donors (Lipinski definition) is 1. The molecule has 0 aromatic heterocycles. The van der Waals surface area contributed by atoms with E-state index in [0.29, 0.717) is 16.9 Å². The first-order valence-electron chi connectivity index (χ1n) is 8.89. The number of allylic oxidation sites excluding steroid dienone is 2. The van der Waals surface area contributed by atoms with Gasteiger partial charge in [0.2, 0.25) is 5.88 Å². The van der Waals surface area contributed by atoms with Crippen LogP contribution in [0.5, 0.6) is 5.75 Å². The van der Waals surface area contributed by atoms with Gasteiger partial charge in [0.05, 0.1) is 31.8 Å². The lowest BCUT2D eigenvalue weighted by atomic mass is 9.82. The number of halogens is 3. The van der Waals surface area contributed by atoms with Gasteiger partial charge in [-0.3, -0.25) is 0 Å². The van der Waals surface area contributed by atoms with Crippen LogP contribution in [0.3, 0.4) is 0 Å². The van der Waals surface area contributed by atoms with Crippen LogP contribution in [0.15, 0.2) is 41.0 Å². The average Bonchev–Trinajstić information content (AvgIpc) is 2.66. The molecule has 0 radical (unpaired) electrons. The molecule has 2 N–H and O–H groups in total. The maximum atomic E-state index is 12.5. The Bertz CT molecular complexity index is 916. The first-order chi connectivity index (χ1) is 14.1. The highest BCUT2D eigenvalue weighted by Gasteiger charge is 2.36. The highest BCUT2D eigenvalue weighted by Crippen LogP contribution is 2.40. The van der Waals surface area contributed by atoms with E-state index in [-0.39, 0.29) is 29.4 Å². The van der Waals surface area contributed by atoms with Crippen molar-refractivity contribution in [2.75, 3.05) is 20.3 Å². The van der Waals surface area contributed by atoms with Crippen LogP contribution in [0.4, 0.5) is 13.2 Å². The van der Waals surface area contributed by atoms with Crippen molar-refractivity contribution in [3.8, 4) is 11.8 Å². The number of nitriles is 1. The van der Waals surface area contributed by atoms with Crippen LogP contribution in [0, 0.1) is 11.3 Å². The Morgan fingerprint density at radius 2 is 2.07 bits per heavy atom. The molecule has 1 aliphatic heterocycles. The molecule has 0 saturated heterocycles. The van der Waals surface area contributed by atoms with E-state index >= 15 is 0 Å². The molecule has 10 heteroatoms. The number of carbonyl (C=O) groups excluding carboxylic acids is 1. The Kier molecular flexibility index (Phi) is 7.34. The molecule has 7 nitrogen and oxygen atoms in total. The maximum Gasteiger partial charge on any atom is 0.411 e. The number of nitrogens with zero attached hydrogens (tertiary/aromatic N) is 1. The van der Waals surface area contributed by atoms with Gasteiger partial charge in [0.1, 0.15) is 29.8 Å². The van der Waals surface area contributed by atoms with E-state index in [1.807, 2.05) is 6.07 Å². The molecule has 2 rings (SSSR count). The third kappa shape index (κ3) is 5.24. The second-order valence-electron chi connectivity index (χ2n) is 6.29. The quantitative estimate of drug-likeness (QED) is 0.666. The molecule has 1 heterocycles. The van der Waals surface area contributed by atoms with Crippen molar-refractivity contribution in [1.82, 2.24) is 0 Å². The zero-order valence-electron chi connectivity index (χ0n) is 16.6. The summed E-state index contributed by atoms with van der Waals surface area (Å²) in [4.78, 5) is 12.5. The average molecular weight is 426 g/mol. The Labute approximate surface area is 171 Å². The summed E-state index contributed by atoms with van der Waals surface area (Å²) in [5.74, 6) is -1.32. The fourth-order valence-corrected chi connectivity index (χ4v) is 3.06. The number of carbonyl (C=O) groups is 1. The van der Waals surface area contributed by atoms with Gasteiger partial charge in [-0.1, -0.05) is 6.07 Å². The molecule has 0 amide bonds. The molecule has 1 atom stereocenters. The monoisotopic (exact) mass is 426 g/mol. The lowest BCUT2D eigenvalue weighted by Crippen LogP contribution is -2.25. The van der Waals surface area contributed by atoms with Crippen molar-refractivity contribution in [3.63, 3.8) is 0 Å². The first kappa shape index (κ1) is 23.1. The summed E-state index contributed by atoms with van der Waals surface area (Å²) < 4.78 is 57.6. The minimum atomic E-state index is -4.48. The number of rotatable bonds is 7. The third-order valence-electron chi connectivity index (χ3n) is 4.26. The van der Waals surface area contributed by atoms with Crippen molar-refractivity contribution in [1.29, 1.82) is 5.26 Å². The van der Waals surface area contributed by atoms with Crippen LogP contribution in [-0.2, 0) is 25.6 Å². The van der Waals surface area contributed by atoms with Crippen LogP contribution in [-0.4, -0.2) is 32.5 Å². The number of hydrogen-bond acceptors (Lipinski definition) is 7. The Morgan fingerprint density at radius 1 is 1.37 bits per heavy atom. The zero-order chi connectivity index (χ0) is 22.5. The van der Waals surface area contributed by atoms with Gasteiger partial charge in [-0.05, 0) is 31.5 Å². The van der Waals surface area contributed by atoms with Gasteiger partial charge in [0, 0.05) is 5.56 Å². The summed E-state index contributed by atoms with van der Waals surface area (Å²) in [5, 5.41) is 9.59. The number of alkyl halides is 3. The highest BCUT2D eigenvalue weighted by molar-refractivity contribution is 5.92. The fourth-order valence-electron chi connectivity index (χ4n) is 3.06. The predicted octanol–water partition coefficient (Wildman–Crippen LogP) is 3.42. The molecular formula is C20H21F3N2O5. The Hall–Kier alpha value is -3.19. The normalized spacial score (nSPS) is 16.8. The summed E-state index contributed by atoms with van der Waals surface area (Å²) in [6.45, 7) is 1.42. The van der Waals surface area contributed by atoms with Gasteiger partial charge in [0.15, 0.2) is 0 Å². The first-order valence-corrected chi connectivity index (χ1v) is 8.89. The number of methoxy groups -OCH3 is 1. The van der Waals surface area contributed by atoms with Gasteiger partial charge >= 0.3 is 12.1 Å². The molecule has 1 aliphatic rings. The van der Waals surface area contributed by atoms with Gasteiger partial charge in [-0.15, -0.1) is 0 Å². The van der Waals surface area contributed by atoms with Crippen molar-refractivity contribution < 1.29 is 36.9 Å². The minimum absolute atomic E-state index is 0.0176. The molecular weight excluding hydrogens is 405 g/mol. The molecule has 0 bridgehead atoms. The zero-order valence-corrected chi connectivity index (χ0v) is 16.6. The molecule has 0 aliphatic carbocycles. The van der Waals surface area contributed by atoms with Crippen LogP contribution < -0.4 is 10.5 Å². The van der Waals surface area contributed by atoms with Crippen LogP contribution in [0.25, 0.3) is 0 Å². The lowest BCUT2D eigenvalue weighted by Gasteiger charge is -2.27. The lowest BCUT2D eigenvalue weighted by molar-refractivity contribution is -0.176. The third-order valence-corrected chi connectivity index (χ3v) is 4.26. The van der Waals surface area contributed by atoms with Gasteiger partial charge < -0.3 is 24.7 Å². The van der Waals surface area contributed by atoms with Crippen molar-refractivity contribution in [2.45, 2.75) is 32.5 Å². The Morgan fingerprint density at radius 3 is 2.63 bits per heavy atom. The van der Waals surface area contributed by atoms with Crippen LogP contribution >= 0.6 is 0 Å². The summed E-state index contributed by atoms with van der Waals surface area (Å²) in [6, 6.07) is 6.54. The number of benzene rings is 1. The molecule has 30 heavy (non-hydrogen) atoms. The predicted molar refractivity (Wildman–Crippen MR) is 98.7 cm³/mol. The molecule has 0 spiro atoms. The van der Waals surface area contributed by atoms with E-state index in [0.717, 1.165) is 0 Å². The van der Waals surface area contributed by atoms with Crippen LogP contribution in [0.2, 0.25) is 0 Å². The van der Waals surface area contributed by atoms with Gasteiger partial charge in [-0.25, -0.2) is 4.79 Å². The van der Waals surface area contributed by atoms with E-state index in [1.54, 1.807) is 13.0 Å². The smallest absolute Gasteiger partial charge is 0.411 e. The maximum absolute atomic E-state index is 12.5. The molecule has 0 unspecified atom stereocenters. The molecule has 1 aromatic rings. The fraction of sp³-hybridized carbons (Fsp3) is 0.400. The largest absolute Gasteiger partial charge is 0.496 e. The number of esters is 1. The molecule has 0 saturated carbocycles. The Balaban J connectivity index is 2.51. The summed E-state index contributed by atoms with van der Waals surface area (Å²) in [6.07, 6.45) is -4.48. The van der Waals surface area contributed by atoms with E-state index in [2.05, 4.69) is 0 Å². The standard InChI is InChI=1S/C20H21F3N2O5/c1-4-29-19(26)16-11(2)30-18(25)14(8-24)17(16)12-5-6-15(27-3)13(7-12)9-28-10-20(21,22)23/h5-7,17H,4,9-10,25H2,1-3H3/t17-/m0/s1. The highest BCUT2D eigenvalue weighted by atomic mass is 19.4. The van der Waals surface area contributed by atoms with E-state index in [9.17, 15) is 23.2 Å². The van der Waals surface area contributed by atoms with Gasteiger partial charge in [0.25, 0.3) is 0 Å². The SMILES string of the molecule is CCOC(=O)C1=C(C)OC(N)=C(C#N)[C@@H]1c1ccc(OC)c(COCC(F)(F)F)c1. The molecule has 162 valence electrons. The van der Waals surface area contributed by atoms with Crippen molar-refractivity contribution >= 4 is 5.97 Å². The van der Waals surface area contributed by atoms with E-state index in [4.69, 9.17) is 24.7 Å². The molecule has 0 fully saturated rings. The summed E-state index contributed by atoms with van der Waals surface area (Å²) in [7, 11) is 1.36. The summed E-state index contributed by atoms with van der Waals surface area (Å²) in [5.41, 5.74) is 6.63. The topological polar surface area (TPSA) is 104 Å². The van der Waals surface area contributed by atoms with Crippen molar-refractivity contribution in [3.05, 3.63) is 52.1 Å². The minimum Gasteiger partial charge on any atom is -0.496 e. The summed E-state index contributed by atoms with van der Waals surface area (Å²) >= 11 is 0. The van der Waals surface area contributed by atoms with Gasteiger partial charge in [-0.2, -0.15) is 18.4 Å².